The molecular formula is C18H17NO5. The van der Waals surface area contributed by atoms with Gasteiger partial charge in [-0.25, -0.2) is 9.59 Å². The first-order chi connectivity index (χ1) is 11.5. The quantitative estimate of drug-likeness (QED) is 0.853. The number of benzene rings is 2. The van der Waals surface area contributed by atoms with Gasteiger partial charge in [-0.2, -0.15) is 0 Å². The third kappa shape index (κ3) is 4.19. The highest BCUT2D eigenvalue weighted by molar-refractivity contribution is 6.03. The van der Waals surface area contributed by atoms with Crippen molar-refractivity contribution in [3.05, 3.63) is 65.2 Å². The van der Waals surface area contributed by atoms with Gasteiger partial charge in [0.05, 0.1) is 37.5 Å². The zero-order valence-corrected chi connectivity index (χ0v) is 13.4. The van der Waals surface area contributed by atoms with E-state index in [-0.39, 0.29) is 29.1 Å². The standard InChI is InChI=1S/C18H17NO5/c1-23-17(21)13-8-9-14(18(22)24-2)15(11-13)19-16(20)10-12-6-4-3-5-7-12/h3-9,11H,10H2,1-2H3,(H,19,20). The highest BCUT2D eigenvalue weighted by atomic mass is 16.5. The van der Waals surface area contributed by atoms with Crippen LogP contribution < -0.4 is 5.32 Å². The summed E-state index contributed by atoms with van der Waals surface area (Å²) in [7, 11) is 2.50. The Labute approximate surface area is 139 Å². The smallest absolute Gasteiger partial charge is 0.339 e. The van der Waals surface area contributed by atoms with Crippen LogP contribution in [0.2, 0.25) is 0 Å². The lowest BCUT2D eigenvalue weighted by Crippen LogP contribution is -2.18. The third-order valence-electron chi connectivity index (χ3n) is 3.33. The average molecular weight is 327 g/mol. The van der Waals surface area contributed by atoms with E-state index in [1.807, 2.05) is 30.3 Å². The van der Waals surface area contributed by atoms with Crippen LogP contribution in [0.15, 0.2) is 48.5 Å². The van der Waals surface area contributed by atoms with Crippen molar-refractivity contribution >= 4 is 23.5 Å². The van der Waals surface area contributed by atoms with Crippen LogP contribution in [-0.2, 0) is 20.7 Å². The molecule has 0 spiro atoms. The van der Waals surface area contributed by atoms with E-state index in [1.165, 1.54) is 32.4 Å². The Kier molecular flexibility index (Phi) is 5.68. The second-order valence-corrected chi connectivity index (χ2v) is 4.95. The second-order valence-electron chi connectivity index (χ2n) is 4.95. The summed E-state index contributed by atoms with van der Waals surface area (Å²) in [5, 5.41) is 2.65. The van der Waals surface area contributed by atoms with Crippen LogP contribution in [0.25, 0.3) is 0 Å². The van der Waals surface area contributed by atoms with Crippen molar-refractivity contribution in [1.82, 2.24) is 0 Å². The van der Waals surface area contributed by atoms with Gasteiger partial charge >= 0.3 is 11.9 Å². The van der Waals surface area contributed by atoms with Gasteiger partial charge < -0.3 is 14.8 Å². The monoisotopic (exact) mass is 327 g/mol. The van der Waals surface area contributed by atoms with E-state index in [9.17, 15) is 14.4 Å². The molecule has 2 aromatic rings. The van der Waals surface area contributed by atoms with E-state index in [4.69, 9.17) is 4.74 Å². The Hall–Kier alpha value is -3.15. The number of amides is 1. The van der Waals surface area contributed by atoms with Gasteiger partial charge in [-0.1, -0.05) is 30.3 Å². The molecule has 2 rings (SSSR count). The Morgan fingerprint density at radius 3 is 2.21 bits per heavy atom. The van der Waals surface area contributed by atoms with Crippen molar-refractivity contribution in [3.63, 3.8) is 0 Å². The van der Waals surface area contributed by atoms with Gasteiger partial charge in [0.2, 0.25) is 5.91 Å². The number of esters is 2. The Balaban J connectivity index is 2.26. The van der Waals surface area contributed by atoms with Gasteiger partial charge in [-0.15, -0.1) is 0 Å². The van der Waals surface area contributed by atoms with Crippen molar-refractivity contribution < 1.29 is 23.9 Å². The normalized spacial score (nSPS) is 9.92. The molecule has 0 atom stereocenters. The third-order valence-corrected chi connectivity index (χ3v) is 3.33. The summed E-state index contributed by atoms with van der Waals surface area (Å²) in [5.74, 6) is -1.49. The van der Waals surface area contributed by atoms with Crippen LogP contribution in [0.5, 0.6) is 0 Å². The molecule has 0 aliphatic carbocycles. The number of hydrogen-bond acceptors (Lipinski definition) is 5. The van der Waals surface area contributed by atoms with Crippen LogP contribution in [-0.4, -0.2) is 32.1 Å². The maximum atomic E-state index is 12.2. The van der Waals surface area contributed by atoms with Crippen molar-refractivity contribution in [2.75, 3.05) is 19.5 Å². The highest BCUT2D eigenvalue weighted by Crippen LogP contribution is 2.20. The van der Waals surface area contributed by atoms with E-state index in [2.05, 4.69) is 10.1 Å². The van der Waals surface area contributed by atoms with E-state index in [1.54, 1.807) is 0 Å². The summed E-state index contributed by atoms with van der Waals surface area (Å²) < 4.78 is 9.35. The number of rotatable bonds is 5. The van der Waals surface area contributed by atoms with Crippen molar-refractivity contribution in [2.45, 2.75) is 6.42 Å². The van der Waals surface area contributed by atoms with Crippen molar-refractivity contribution in [3.8, 4) is 0 Å². The average Bonchev–Trinajstić information content (AvgIpc) is 2.61. The Morgan fingerprint density at radius 1 is 0.917 bits per heavy atom. The number of anilines is 1. The molecule has 0 saturated heterocycles. The first kappa shape index (κ1) is 17.2. The molecule has 0 unspecified atom stereocenters. The fourth-order valence-electron chi connectivity index (χ4n) is 2.16. The van der Waals surface area contributed by atoms with Gasteiger partial charge in [-0.3, -0.25) is 4.79 Å². The maximum absolute atomic E-state index is 12.2. The van der Waals surface area contributed by atoms with Crippen LogP contribution in [0.1, 0.15) is 26.3 Å². The first-order valence-electron chi connectivity index (χ1n) is 7.19. The molecule has 0 saturated carbocycles. The topological polar surface area (TPSA) is 81.7 Å². The molecule has 24 heavy (non-hydrogen) atoms. The minimum atomic E-state index is -0.610. The Morgan fingerprint density at radius 2 is 1.58 bits per heavy atom. The number of methoxy groups -OCH3 is 2. The van der Waals surface area contributed by atoms with E-state index in [0.29, 0.717) is 0 Å². The molecule has 1 N–H and O–H groups in total. The minimum Gasteiger partial charge on any atom is -0.465 e. The van der Waals surface area contributed by atoms with Crippen LogP contribution >= 0.6 is 0 Å². The summed E-state index contributed by atoms with van der Waals surface area (Å²) in [6, 6.07) is 13.4. The number of hydrogen-bond donors (Lipinski definition) is 1. The molecular weight excluding hydrogens is 310 g/mol. The van der Waals surface area contributed by atoms with E-state index in [0.717, 1.165) is 5.56 Å². The van der Waals surface area contributed by atoms with Crippen LogP contribution in [0, 0.1) is 0 Å². The number of carbonyl (C=O) groups excluding carboxylic acids is 3. The zero-order chi connectivity index (χ0) is 17.5. The van der Waals surface area contributed by atoms with Gasteiger partial charge in [0, 0.05) is 0 Å². The molecule has 6 nitrogen and oxygen atoms in total. The summed E-state index contributed by atoms with van der Waals surface area (Å²) in [4.78, 5) is 35.7. The zero-order valence-electron chi connectivity index (χ0n) is 13.4. The van der Waals surface area contributed by atoms with E-state index >= 15 is 0 Å². The molecule has 124 valence electrons. The van der Waals surface area contributed by atoms with E-state index < -0.39 is 11.9 Å². The number of nitrogens with one attached hydrogen (secondary N) is 1. The minimum absolute atomic E-state index is 0.143. The largest absolute Gasteiger partial charge is 0.465 e. The van der Waals surface area contributed by atoms with Crippen molar-refractivity contribution in [2.24, 2.45) is 0 Å². The van der Waals surface area contributed by atoms with Crippen molar-refractivity contribution in [1.29, 1.82) is 0 Å². The predicted octanol–water partition coefficient (Wildman–Crippen LogP) is 2.44. The number of carbonyl (C=O) groups is 3. The molecule has 0 fully saturated rings. The van der Waals surface area contributed by atoms with Gasteiger partial charge in [0.25, 0.3) is 0 Å². The summed E-state index contributed by atoms with van der Waals surface area (Å²) >= 11 is 0. The van der Waals surface area contributed by atoms with Gasteiger partial charge in [0.15, 0.2) is 0 Å². The summed E-state index contributed by atoms with van der Waals surface area (Å²) in [5.41, 5.74) is 1.41. The predicted molar refractivity (Wildman–Crippen MR) is 87.9 cm³/mol. The number of ether oxygens (including phenoxy) is 2. The molecule has 0 aliphatic rings. The van der Waals surface area contributed by atoms with Crippen LogP contribution in [0.4, 0.5) is 5.69 Å². The fraction of sp³-hybridized carbons (Fsp3) is 0.167. The maximum Gasteiger partial charge on any atom is 0.339 e. The molecule has 0 aliphatic heterocycles. The lowest BCUT2D eigenvalue weighted by Gasteiger charge is -2.11. The molecule has 0 heterocycles. The Bertz CT molecular complexity index is 755. The molecule has 6 heteroatoms. The summed E-state index contributed by atoms with van der Waals surface area (Å²) in [6.45, 7) is 0. The van der Waals surface area contributed by atoms with Gasteiger partial charge in [-0.05, 0) is 23.8 Å². The molecule has 0 radical (unpaired) electrons. The van der Waals surface area contributed by atoms with Gasteiger partial charge in [0.1, 0.15) is 0 Å². The molecule has 0 aromatic heterocycles. The lowest BCUT2D eigenvalue weighted by molar-refractivity contribution is -0.115. The lowest BCUT2D eigenvalue weighted by atomic mass is 10.1. The molecule has 1 amide bonds. The first-order valence-corrected chi connectivity index (χ1v) is 7.19. The molecule has 2 aromatic carbocycles. The SMILES string of the molecule is COC(=O)c1ccc(C(=O)OC)c(NC(=O)Cc2ccccc2)c1. The van der Waals surface area contributed by atoms with Crippen LogP contribution in [0.3, 0.4) is 0 Å². The summed E-state index contributed by atoms with van der Waals surface area (Å²) in [6.07, 6.45) is 0.143. The second kappa shape index (κ2) is 7.92. The molecule has 0 bridgehead atoms. The fourth-order valence-corrected chi connectivity index (χ4v) is 2.16. The highest BCUT2D eigenvalue weighted by Gasteiger charge is 2.17.